The number of nitrogens with two attached hydrogens (primary N) is 1. The predicted octanol–water partition coefficient (Wildman–Crippen LogP) is 2.86. The maximum atomic E-state index is 6.09. The number of nitrogen functional groups attached to an aromatic ring is 1. The van der Waals surface area contributed by atoms with E-state index in [1.54, 1.807) is 12.4 Å². The van der Waals surface area contributed by atoms with Crippen LogP contribution in [0.15, 0.2) is 48.8 Å². The molecule has 0 amide bonds. The molecule has 0 saturated carbocycles. The summed E-state index contributed by atoms with van der Waals surface area (Å²) in [5.74, 6) is 0.440. The van der Waals surface area contributed by atoms with Crippen molar-refractivity contribution < 1.29 is 0 Å². The molecule has 0 atom stereocenters. The summed E-state index contributed by atoms with van der Waals surface area (Å²) in [6.07, 6.45) is 3.56. The Kier molecular flexibility index (Phi) is 2.41. The minimum Gasteiger partial charge on any atom is -0.369 e. The van der Waals surface area contributed by atoms with E-state index in [1.165, 1.54) is 0 Å². The quantitative estimate of drug-likeness (QED) is 0.580. The molecule has 0 bridgehead atoms. The summed E-state index contributed by atoms with van der Waals surface area (Å²) in [6, 6.07) is 11.9. The highest BCUT2D eigenvalue weighted by Crippen LogP contribution is 2.25. The second kappa shape index (κ2) is 4.28. The maximum Gasteiger partial charge on any atom is 0.207 e. The minimum atomic E-state index is 0.440. The van der Waals surface area contributed by atoms with Gasteiger partial charge in [-0.3, -0.25) is 9.55 Å². The second-order valence-corrected chi connectivity index (χ2v) is 4.99. The van der Waals surface area contributed by atoms with E-state index in [9.17, 15) is 0 Å². The van der Waals surface area contributed by atoms with Crippen molar-refractivity contribution in [3.63, 3.8) is 0 Å². The monoisotopic (exact) mass is 275 g/mol. The van der Waals surface area contributed by atoms with E-state index in [4.69, 9.17) is 5.73 Å². The van der Waals surface area contributed by atoms with Crippen LogP contribution in [0.3, 0.4) is 0 Å². The van der Waals surface area contributed by atoms with Gasteiger partial charge in [0.05, 0.1) is 11.2 Å². The SMILES string of the molecule is Cc1ccnc2c1nc(N)n2-c1ccc2ncccc2c1. The van der Waals surface area contributed by atoms with Crippen molar-refractivity contribution in [3.05, 3.63) is 54.4 Å². The molecule has 102 valence electrons. The van der Waals surface area contributed by atoms with E-state index in [2.05, 4.69) is 15.0 Å². The summed E-state index contributed by atoms with van der Waals surface area (Å²) in [5.41, 5.74) is 10.7. The van der Waals surface area contributed by atoms with Gasteiger partial charge < -0.3 is 5.73 Å². The van der Waals surface area contributed by atoms with Crippen molar-refractivity contribution in [2.75, 3.05) is 5.73 Å². The Morgan fingerprint density at radius 2 is 1.95 bits per heavy atom. The first kappa shape index (κ1) is 11.8. The van der Waals surface area contributed by atoms with E-state index < -0.39 is 0 Å². The molecular formula is C16H13N5. The van der Waals surface area contributed by atoms with Crippen LogP contribution < -0.4 is 5.73 Å². The number of aryl methyl sites for hydroxylation is 1. The van der Waals surface area contributed by atoms with Crippen molar-refractivity contribution in [2.45, 2.75) is 6.92 Å². The highest BCUT2D eigenvalue weighted by atomic mass is 15.2. The van der Waals surface area contributed by atoms with Crippen LogP contribution in [0.2, 0.25) is 0 Å². The third-order valence-electron chi connectivity index (χ3n) is 3.62. The summed E-state index contributed by atoms with van der Waals surface area (Å²) < 4.78 is 1.87. The maximum absolute atomic E-state index is 6.09. The topological polar surface area (TPSA) is 69.6 Å². The molecule has 3 aromatic heterocycles. The highest BCUT2D eigenvalue weighted by Gasteiger charge is 2.13. The minimum absolute atomic E-state index is 0.440. The summed E-state index contributed by atoms with van der Waals surface area (Å²) >= 11 is 0. The predicted molar refractivity (Wildman–Crippen MR) is 83.3 cm³/mol. The molecule has 2 N–H and O–H groups in total. The molecule has 0 aliphatic carbocycles. The molecule has 0 unspecified atom stereocenters. The standard InChI is InChI=1S/C16H13N5/c1-10-6-8-19-15-14(10)20-16(17)21(15)12-4-5-13-11(9-12)3-2-7-18-13/h2-9H,1H3,(H2,17,20). The van der Waals surface area contributed by atoms with E-state index in [0.29, 0.717) is 5.95 Å². The Morgan fingerprint density at radius 1 is 1.05 bits per heavy atom. The molecule has 5 heteroatoms. The van der Waals surface area contributed by atoms with Crippen LogP contribution in [0, 0.1) is 6.92 Å². The Morgan fingerprint density at radius 3 is 2.86 bits per heavy atom. The third-order valence-corrected chi connectivity index (χ3v) is 3.62. The number of anilines is 1. The second-order valence-electron chi connectivity index (χ2n) is 4.99. The van der Waals surface area contributed by atoms with Crippen LogP contribution in [0.1, 0.15) is 5.56 Å². The first-order valence-electron chi connectivity index (χ1n) is 6.69. The number of hydrogen-bond acceptors (Lipinski definition) is 4. The van der Waals surface area contributed by atoms with Gasteiger partial charge in [0.1, 0.15) is 5.52 Å². The number of rotatable bonds is 1. The largest absolute Gasteiger partial charge is 0.369 e. The highest BCUT2D eigenvalue weighted by molar-refractivity contribution is 5.84. The first-order valence-corrected chi connectivity index (χ1v) is 6.69. The molecule has 0 saturated heterocycles. The zero-order chi connectivity index (χ0) is 14.4. The summed E-state index contributed by atoms with van der Waals surface area (Å²) in [5, 5.41) is 1.06. The van der Waals surface area contributed by atoms with Crippen molar-refractivity contribution >= 4 is 28.0 Å². The number of pyridine rings is 2. The smallest absolute Gasteiger partial charge is 0.207 e. The van der Waals surface area contributed by atoms with Gasteiger partial charge in [0, 0.05) is 17.8 Å². The van der Waals surface area contributed by atoms with E-state index in [-0.39, 0.29) is 0 Å². The number of aromatic nitrogens is 4. The third kappa shape index (κ3) is 1.74. The van der Waals surface area contributed by atoms with E-state index >= 15 is 0 Å². The van der Waals surface area contributed by atoms with Crippen LogP contribution in [-0.4, -0.2) is 19.5 Å². The average molecular weight is 275 g/mol. The summed E-state index contributed by atoms with van der Waals surface area (Å²) in [4.78, 5) is 13.2. The van der Waals surface area contributed by atoms with Gasteiger partial charge in [-0.15, -0.1) is 0 Å². The summed E-state index contributed by atoms with van der Waals surface area (Å²) in [7, 11) is 0. The van der Waals surface area contributed by atoms with Crippen molar-refractivity contribution in [2.24, 2.45) is 0 Å². The molecule has 0 aliphatic heterocycles. The van der Waals surface area contributed by atoms with Crippen molar-refractivity contribution in [3.8, 4) is 5.69 Å². The van der Waals surface area contributed by atoms with Gasteiger partial charge >= 0.3 is 0 Å². The van der Waals surface area contributed by atoms with Crippen LogP contribution in [0.5, 0.6) is 0 Å². The zero-order valence-corrected chi connectivity index (χ0v) is 11.5. The molecule has 4 aromatic rings. The Labute approximate surface area is 121 Å². The molecule has 21 heavy (non-hydrogen) atoms. The number of benzene rings is 1. The van der Waals surface area contributed by atoms with Gasteiger partial charge in [-0.05, 0) is 42.8 Å². The average Bonchev–Trinajstić information content (AvgIpc) is 2.84. The molecule has 0 spiro atoms. The molecule has 0 aliphatic rings. The van der Waals surface area contributed by atoms with Crippen LogP contribution in [-0.2, 0) is 0 Å². The molecule has 5 nitrogen and oxygen atoms in total. The van der Waals surface area contributed by atoms with Gasteiger partial charge in [-0.2, -0.15) is 0 Å². The first-order chi connectivity index (χ1) is 10.2. The molecule has 0 fully saturated rings. The molecule has 0 radical (unpaired) electrons. The van der Waals surface area contributed by atoms with Gasteiger partial charge in [0.2, 0.25) is 5.95 Å². The van der Waals surface area contributed by atoms with E-state index in [0.717, 1.165) is 33.3 Å². The van der Waals surface area contributed by atoms with E-state index in [1.807, 2.05) is 47.9 Å². The van der Waals surface area contributed by atoms with Crippen LogP contribution >= 0.6 is 0 Å². The van der Waals surface area contributed by atoms with Crippen molar-refractivity contribution in [1.82, 2.24) is 19.5 Å². The normalized spacial score (nSPS) is 11.3. The fourth-order valence-electron chi connectivity index (χ4n) is 2.57. The Balaban J connectivity index is 2.04. The molecule has 4 rings (SSSR count). The lowest BCUT2D eigenvalue weighted by Gasteiger charge is -2.07. The Hall–Kier alpha value is -2.95. The zero-order valence-electron chi connectivity index (χ0n) is 11.5. The lowest BCUT2D eigenvalue weighted by Crippen LogP contribution is -2.01. The molecule has 1 aromatic carbocycles. The van der Waals surface area contributed by atoms with Crippen LogP contribution in [0.4, 0.5) is 5.95 Å². The number of imidazole rings is 1. The fourth-order valence-corrected chi connectivity index (χ4v) is 2.57. The number of hydrogen-bond donors (Lipinski definition) is 1. The number of nitrogens with zero attached hydrogens (tertiary/aromatic N) is 4. The summed E-state index contributed by atoms with van der Waals surface area (Å²) in [6.45, 7) is 2.01. The van der Waals surface area contributed by atoms with Crippen LogP contribution in [0.25, 0.3) is 27.8 Å². The van der Waals surface area contributed by atoms with Gasteiger partial charge in [0.25, 0.3) is 0 Å². The Bertz CT molecular complexity index is 971. The molecule has 3 heterocycles. The fraction of sp³-hybridized carbons (Fsp3) is 0.0625. The molecular weight excluding hydrogens is 262 g/mol. The van der Waals surface area contributed by atoms with Crippen molar-refractivity contribution in [1.29, 1.82) is 0 Å². The lowest BCUT2D eigenvalue weighted by molar-refractivity contribution is 1.09. The van der Waals surface area contributed by atoms with Gasteiger partial charge in [-0.25, -0.2) is 9.97 Å². The lowest BCUT2D eigenvalue weighted by atomic mass is 10.2. The van der Waals surface area contributed by atoms with Gasteiger partial charge in [-0.1, -0.05) is 6.07 Å². The number of fused-ring (bicyclic) bond motifs is 2. The van der Waals surface area contributed by atoms with Gasteiger partial charge in [0.15, 0.2) is 5.65 Å².